The molecule has 1 saturated heterocycles. The molecule has 10 nitrogen and oxygen atoms in total. The number of anilines is 2. The van der Waals surface area contributed by atoms with Gasteiger partial charge in [0.2, 0.25) is 11.8 Å². The summed E-state index contributed by atoms with van der Waals surface area (Å²) in [5, 5.41) is 11.7. The average molecular weight is 600 g/mol. The molecular formula is C32H33N5O5S. The van der Waals surface area contributed by atoms with Crippen LogP contribution in [0.4, 0.5) is 11.4 Å². The zero-order valence-electron chi connectivity index (χ0n) is 23.7. The first-order valence-corrected chi connectivity index (χ1v) is 15.3. The largest absolute Gasteiger partial charge is 0.384 e. The molecule has 0 radical (unpaired) electrons. The lowest BCUT2D eigenvalue weighted by molar-refractivity contribution is -0.133. The molecule has 2 amide bonds. The molecule has 1 fully saturated rings. The fourth-order valence-corrected chi connectivity index (χ4v) is 6.59. The molecule has 11 heteroatoms. The van der Waals surface area contributed by atoms with Gasteiger partial charge in [-0.15, -0.1) is 0 Å². The number of nitrogen functional groups attached to an aromatic ring is 1. The zero-order valence-corrected chi connectivity index (χ0v) is 24.6. The first-order chi connectivity index (χ1) is 20.6. The van der Waals surface area contributed by atoms with Crippen molar-refractivity contribution in [3.8, 4) is 0 Å². The van der Waals surface area contributed by atoms with Crippen LogP contribution in [0, 0.1) is 12.3 Å². The van der Waals surface area contributed by atoms with E-state index in [0.717, 1.165) is 20.8 Å². The summed E-state index contributed by atoms with van der Waals surface area (Å²) in [7, 11) is -4.22. The number of hydrogen-bond acceptors (Lipinski definition) is 6. The van der Waals surface area contributed by atoms with Gasteiger partial charge in [0.15, 0.2) is 0 Å². The van der Waals surface area contributed by atoms with Crippen molar-refractivity contribution in [1.29, 1.82) is 5.41 Å². The summed E-state index contributed by atoms with van der Waals surface area (Å²) < 4.78 is 35.1. The third kappa shape index (κ3) is 6.68. The van der Waals surface area contributed by atoms with Crippen LogP contribution in [-0.2, 0) is 30.8 Å². The number of amidine groups is 1. The van der Waals surface area contributed by atoms with E-state index in [4.69, 9.17) is 15.9 Å². The van der Waals surface area contributed by atoms with Gasteiger partial charge in [-0.05, 0) is 41.6 Å². The molecule has 43 heavy (non-hydrogen) atoms. The van der Waals surface area contributed by atoms with Crippen molar-refractivity contribution >= 4 is 49.8 Å². The Morgan fingerprint density at radius 2 is 1.67 bits per heavy atom. The first-order valence-electron chi connectivity index (χ1n) is 13.8. The van der Waals surface area contributed by atoms with Gasteiger partial charge in [0, 0.05) is 29.7 Å². The predicted octanol–water partition coefficient (Wildman–Crippen LogP) is 3.67. The number of fused-ring (bicyclic) bond motifs is 1. The molecule has 4 aromatic carbocycles. The van der Waals surface area contributed by atoms with Crippen molar-refractivity contribution in [3.63, 3.8) is 0 Å². The van der Waals surface area contributed by atoms with Gasteiger partial charge in [0.05, 0.1) is 30.2 Å². The highest BCUT2D eigenvalue weighted by molar-refractivity contribution is 7.93. The van der Waals surface area contributed by atoms with E-state index in [0.29, 0.717) is 42.9 Å². The number of ether oxygens (including phenoxy) is 1. The number of nitrogens with two attached hydrogens (primary N) is 1. The highest BCUT2D eigenvalue weighted by atomic mass is 32.2. The summed E-state index contributed by atoms with van der Waals surface area (Å²) in [4.78, 5) is 28.1. The fourth-order valence-electron chi connectivity index (χ4n) is 4.97. The van der Waals surface area contributed by atoms with Crippen molar-refractivity contribution in [2.45, 2.75) is 18.2 Å². The maximum Gasteiger partial charge on any atom is 0.265 e. The smallest absolute Gasteiger partial charge is 0.265 e. The number of rotatable bonds is 9. The molecule has 1 aliphatic rings. The van der Waals surface area contributed by atoms with Crippen molar-refractivity contribution in [1.82, 2.24) is 4.90 Å². The highest BCUT2D eigenvalue weighted by Gasteiger charge is 2.31. The minimum atomic E-state index is -4.22. The van der Waals surface area contributed by atoms with Crippen LogP contribution in [0.3, 0.4) is 0 Å². The van der Waals surface area contributed by atoms with E-state index in [1.807, 2.05) is 25.1 Å². The third-order valence-corrected chi connectivity index (χ3v) is 9.21. The summed E-state index contributed by atoms with van der Waals surface area (Å²) >= 11 is 0. The number of hydrogen-bond donors (Lipinski definition) is 3. The molecular weight excluding hydrogens is 566 g/mol. The molecule has 1 heterocycles. The van der Waals surface area contributed by atoms with E-state index >= 15 is 0 Å². The van der Waals surface area contributed by atoms with E-state index < -0.39 is 16.6 Å². The Kier molecular flexibility index (Phi) is 8.74. The summed E-state index contributed by atoms with van der Waals surface area (Å²) in [6.45, 7) is 2.93. The van der Waals surface area contributed by atoms with Gasteiger partial charge in [0.1, 0.15) is 12.4 Å². The number of morpholine rings is 1. The van der Waals surface area contributed by atoms with Crippen molar-refractivity contribution in [2.24, 2.45) is 5.73 Å². The maximum absolute atomic E-state index is 14.3. The third-order valence-electron chi connectivity index (χ3n) is 7.37. The van der Waals surface area contributed by atoms with Crippen LogP contribution < -0.4 is 15.4 Å². The second kappa shape index (κ2) is 12.6. The molecule has 0 unspecified atom stereocenters. The Bertz CT molecular complexity index is 1780. The lowest BCUT2D eigenvalue weighted by atomic mass is 10.1. The Balaban J connectivity index is 1.48. The molecule has 0 saturated carbocycles. The number of amides is 2. The van der Waals surface area contributed by atoms with Crippen LogP contribution in [0.15, 0.2) is 89.8 Å². The topological polar surface area (TPSA) is 146 Å². The Labute approximate surface area is 250 Å². The summed E-state index contributed by atoms with van der Waals surface area (Å²) in [5.41, 5.74) is 8.22. The first kappa shape index (κ1) is 29.7. The summed E-state index contributed by atoms with van der Waals surface area (Å²) in [5.74, 6) is -0.700. The van der Waals surface area contributed by atoms with Crippen LogP contribution in [-0.4, -0.2) is 63.8 Å². The van der Waals surface area contributed by atoms with E-state index in [-0.39, 0.29) is 34.7 Å². The van der Waals surface area contributed by atoms with E-state index in [1.54, 1.807) is 65.6 Å². The second-order valence-electron chi connectivity index (χ2n) is 10.3. The lowest BCUT2D eigenvalue weighted by Gasteiger charge is -2.31. The van der Waals surface area contributed by atoms with E-state index in [1.165, 1.54) is 6.07 Å². The number of carbonyl (C=O) groups is 2. The highest BCUT2D eigenvalue weighted by Crippen LogP contribution is 2.32. The van der Waals surface area contributed by atoms with Gasteiger partial charge in [-0.2, -0.15) is 0 Å². The van der Waals surface area contributed by atoms with Crippen LogP contribution in [0.25, 0.3) is 10.8 Å². The van der Waals surface area contributed by atoms with Gasteiger partial charge in [-0.3, -0.25) is 19.3 Å². The number of sulfonamides is 1. The monoisotopic (exact) mass is 599 g/mol. The minimum absolute atomic E-state index is 0.0569. The van der Waals surface area contributed by atoms with E-state index in [9.17, 15) is 18.0 Å². The van der Waals surface area contributed by atoms with Crippen LogP contribution in [0.5, 0.6) is 0 Å². The molecule has 4 N–H and O–H groups in total. The summed E-state index contributed by atoms with van der Waals surface area (Å²) in [6, 6.07) is 24.0. The molecule has 222 valence electrons. The van der Waals surface area contributed by atoms with Gasteiger partial charge in [0.25, 0.3) is 10.0 Å². The quantitative estimate of drug-likeness (QED) is 0.198. The van der Waals surface area contributed by atoms with Crippen molar-refractivity contribution in [2.75, 3.05) is 42.5 Å². The number of benzene rings is 4. The molecule has 1 aliphatic heterocycles. The van der Waals surface area contributed by atoms with Gasteiger partial charge < -0.3 is 20.7 Å². The average Bonchev–Trinajstić information content (AvgIpc) is 3.01. The lowest BCUT2D eigenvalue weighted by Crippen LogP contribution is -2.47. The van der Waals surface area contributed by atoms with Crippen molar-refractivity contribution in [3.05, 3.63) is 102 Å². The molecule has 0 spiro atoms. The zero-order chi connectivity index (χ0) is 30.6. The molecule has 4 aromatic rings. The molecule has 0 bridgehead atoms. The second-order valence-corrected chi connectivity index (χ2v) is 12.1. The molecule has 0 atom stereocenters. The Morgan fingerprint density at radius 1 is 0.977 bits per heavy atom. The minimum Gasteiger partial charge on any atom is -0.384 e. The Hall–Kier alpha value is -4.74. The van der Waals surface area contributed by atoms with E-state index in [2.05, 4.69) is 5.32 Å². The molecule has 0 aromatic heterocycles. The maximum atomic E-state index is 14.3. The molecule has 0 aliphatic carbocycles. The number of carbonyl (C=O) groups excluding carboxylic acids is 2. The number of nitrogens with one attached hydrogen (secondary N) is 2. The Morgan fingerprint density at radius 3 is 2.40 bits per heavy atom. The number of nitrogens with zero attached hydrogens (tertiary/aromatic N) is 2. The summed E-state index contributed by atoms with van der Waals surface area (Å²) in [6.07, 6.45) is 0.0649. The van der Waals surface area contributed by atoms with Gasteiger partial charge in [-0.25, -0.2) is 8.42 Å². The number of aryl methyl sites for hydroxylation is 1. The SMILES string of the molecule is Cc1ccc(N(CC(=O)N2CCOCC2)S(=O)(=O)c2cccc3ccccc23)cc1NC(=O)Cc1ccc(C(=N)N)cc1. The van der Waals surface area contributed by atoms with Gasteiger partial charge in [-0.1, -0.05) is 66.7 Å². The van der Waals surface area contributed by atoms with Crippen molar-refractivity contribution < 1.29 is 22.7 Å². The predicted molar refractivity (Wildman–Crippen MR) is 167 cm³/mol. The van der Waals surface area contributed by atoms with Crippen LogP contribution >= 0.6 is 0 Å². The van der Waals surface area contributed by atoms with Crippen LogP contribution in [0.2, 0.25) is 0 Å². The fraction of sp³-hybridized carbons (Fsp3) is 0.219. The standard InChI is InChI=1S/C32H33N5O5S/c1-22-9-14-26(20-28(22)35-30(38)19-23-10-12-25(13-11-23)32(33)34)37(21-31(39)36-15-17-42-18-16-36)43(40,41)29-8-4-6-24-5-2-3-7-27(24)29/h2-14,20H,15-19,21H2,1H3,(H3,33,34)(H,35,38). The van der Waals surface area contributed by atoms with Crippen LogP contribution in [0.1, 0.15) is 16.7 Å². The molecule has 5 rings (SSSR count). The normalized spacial score (nSPS) is 13.5. The van der Waals surface area contributed by atoms with Gasteiger partial charge >= 0.3 is 0 Å².